The number of carbonyl (C=O) groups is 2. The van der Waals surface area contributed by atoms with Crippen molar-refractivity contribution in [2.45, 2.75) is 232 Å². The molecular formula is C40H81NO8S. The van der Waals surface area contributed by atoms with Gasteiger partial charge in [-0.3, -0.25) is 18.7 Å². The zero-order valence-electron chi connectivity index (χ0n) is 33.3. The van der Waals surface area contributed by atoms with Crippen molar-refractivity contribution in [1.29, 1.82) is 0 Å². The Labute approximate surface area is 309 Å². The minimum absolute atomic E-state index is 0.291. The molecule has 0 radical (unpaired) electrons. The predicted octanol–water partition coefficient (Wildman–Crippen LogP) is 12.2. The lowest BCUT2D eigenvalue weighted by Crippen LogP contribution is -2.49. The average molecular weight is 736 g/mol. The summed E-state index contributed by atoms with van der Waals surface area (Å²) in [5.41, 5.74) is 0. The molecule has 300 valence electrons. The Morgan fingerprint density at radius 3 is 0.820 bits per heavy atom. The van der Waals surface area contributed by atoms with E-state index in [9.17, 15) is 9.59 Å². The summed E-state index contributed by atoms with van der Waals surface area (Å²) in [5, 5.41) is 0. The van der Waals surface area contributed by atoms with Gasteiger partial charge in [0.05, 0.1) is 0 Å². The first-order valence-electron chi connectivity index (χ1n) is 20.7. The number of unbranched alkanes of at least 4 members (excludes halogenated alkanes) is 28. The van der Waals surface area contributed by atoms with E-state index < -0.39 is 16.3 Å². The van der Waals surface area contributed by atoms with E-state index in [-0.39, 0.29) is 11.9 Å². The van der Waals surface area contributed by atoms with Gasteiger partial charge in [0.1, 0.15) is 0 Å². The van der Waals surface area contributed by atoms with E-state index in [1.54, 1.807) is 25.9 Å². The van der Waals surface area contributed by atoms with Crippen molar-refractivity contribution >= 4 is 22.3 Å². The van der Waals surface area contributed by atoms with Crippen LogP contribution in [0.15, 0.2) is 0 Å². The number of carbonyl (C=O) groups excluding carboxylic acids is 2. The highest BCUT2D eigenvalue weighted by Crippen LogP contribution is 2.20. The summed E-state index contributed by atoms with van der Waals surface area (Å²) in [6.07, 6.45) is 39.7. The van der Waals surface area contributed by atoms with Crippen LogP contribution in [-0.2, 0) is 29.5 Å². The highest BCUT2D eigenvalue weighted by atomic mass is 32.3. The number of esters is 2. The maximum absolute atomic E-state index is 12.5. The maximum Gasteiger partial charge on any atom is 0.394 e. The molecule has 0 saturated carbocycles. The van der Waals surface area contributed by atoms with E-state index in [0.29, 0.717) is 12.8 Å². The maximum atomic E-state index is 12.5. The number of hydrogen-bond acceptors (Lipinski definition) is 7. The molecule has 0 aliphatic carbocycles. The Balaban J connectivity index is 0. The number of nitrogens with zero attached hydrogens (tertiary/aromatic N) is 1. The molecule has 0 fully saturated rings. The van der Waals surface area contributed by atoms with Crippen LogP contribution in [0.25, 0.3) is 0 Å². The monoisotopic (exact) mass is 736 g/mol. The van der Waals surface area contributed by atoms with Crippen LogP contribution in [0.1, 0.15) is 226 Å². The Kier molecular flexibility index (Phi) is 36.8. The molecule has 0 atom stereocenters. The number of rotatable bonds is 35. The lowest BCUT2D eigenvalue weighted by atomic mass is 10.0. The lowest BCUT2D eigenvalue weighted by Gasteiger charge is -2.34. The Morgan fingerprint density at radius 1 is 0.460 bits per heavy atom. The first-order valence-corrected chi connectivity index (χ1v) is 22.1. The van der Waals surface area contributed by atoms with Crippen molar-refractivity contribution in [1.82, 2.24) is 4.90 Å². The van der Waals surface area contributed by atoms with Gasteiger partial charge in [-0.2, -0.15) is 8.42 Å². The van der Waals surface area contributed by atoms with Gasteiger partial charge < -0.3 is 9.47 Å². The van der Waals surface area contributed by atoms with Crippen LogP contribution in [0, 0.1) is 0 Å². The zero-order valence-corrected chi connectivity index (χ0v) is 34.1. The van der Waals surface area contributed by atoms with E-state index in [1.165, 1.54) is 167 Å². The molecule has 0 aliphatic rings. The van der Waals surface area contributed by atoms with Gasteiger partial charge in [0.15, 0.2) is 0 Å². The molecule has 10 heteroatoms. The van der Waals surface area contributed by atoms with Crippen LogP contribution in [0.3, 0.4) is 0 Å². The smallest absolute Gasteiger partial charge is 0.394 e. The fourth-order valence-electron chi connectivity index (χ4n) is 6.01. The van der Waals surface area contributed by atoms with Gasteiger partial charge in [0.2, 0.25) is 0 Å². The molecule has 0 aromatic rings. The summed E-state index contributed by atoms with van der Waals surface area (Å²) < 4.78 is 42.9. The van der Waals surface area contributed by atoms with Gasteiger partial charge in [-0.05, 0) is 26.9 Å². The second-order valence-electron chi connectivity index (χ2n) is 14.6. The molecule has 2 N–H and O–H groups in total. The molecule has 0 bridgehead atoms. The highest BCUT2D eigenvalue weighted by Gasteiger charge is 2.35. The lowest BCUT2D eigenvalue weighted by molar-refractivity contribution is -0.269. The third-order valence-corrected chi connectivity index (χ3v) is 9.39. The van der Waals surface area contributed by atoms with Crippen LogP contribution >= 0.6 is 0 Å². The highest BCUT2D eigenvalue weighted by molar-refractivity contribution is 7.79. The molecular weight excluding hydrogens is 655 g/mol. The van der Waals surface area contributed by atoms with Crippen molar-refractivity contribution < 1.29 is 36.6 Å². The molecule has 50 heavy (non-hydrogen) atoms. The van der Waals surface area contributed by atoms with E-state index in [2.05, 4.69) is 13.8 Å². The van der Waals surface area contributed by atoms with E-state index in [1.807, 2.05) is 0 Å². The summed E-state index contributed by atoms with van der Waals surface area (Å²) in [7, 11) is -1.11. The molecule has 0 heterocycles. The quantitative estimate of drug-likeness (QED) is 0.0282. The van der Waals surface area contributed by atoms with Gasteiger partial charge in [-0.1, -0.05) is 194 Å². The van der Waals surface area contributed by atoms with Crippen LogP contribution in [0.5, 0.6) is 0 Å². The molecule has 0 spiro atoms. The SMILES string of the molecule is CCCCCCCCCCCCCCCCCC(=O)OC(C)(OC(=O)CCCCCCCCCCCCCCCCC)N(C)C.O=S(=O)(O)O. The van der Waals surface area contributed by atoms with E-state index in [0.717, 1.165) is 25.7 Å². The molecule has 0 unspecified atom stereocenters. The van der Waals surface area contributed by atoms with Crippen LogP contribution < -0.4 is 0 Å². The molecule has 0 aromatic carbocycles. The minimum Gasteiger partial charge on any atom is -0.409 e. The van der Waals surface area contributed by atoms with Gasteiger partial charge in [-0.25, -0.2) is 4.90 Å². The molecule has 0 aromatic heterocycles. The fraction of sp³-hybridized carbons (Fsp3) is 0.950. The molecule has 9 nitrogen and oxygen atoms in total. The van der Waals surface area contributed by atoms with E-state index in [4.69, 9.17) is 27.0 Å². The summed E-state index contributed by atoms with van der Waals surface area (Å²) in [6, 6.07) is 0. The van der Waals surface area contributed by atoms with Crippen molar-refractivity contribution in [2.75, 3.05) is 14.1 Å². The third-order valence-electron chi connectivity index (χ3n) is 9.39. The normalized spacial score (nSPS) is 11.8. The Morgan fingerprint density at radius 2 is 0.640 bits per heavy atom. The van der Waals surface area contributed by atoms with Gasteiger partial charge in [0.25, 0.3) is 0 Å². The molecule has 0 saturated heterocycles. The summed E-state index contributed by atoms with van der Waals surface area (Å²) in [6.45, 7) is 6.22. The molecule has 0 aliphatic heterocycles. The summed E-state index contributed by atoms with van der Waals surface area (Å²) in [5.74, 6) is -1.93. The second kappa shape index (κ2) is 36.1. The van der Waals surface area contributed by atoms with Crippen molar-refractivity contribution in [3.8, 4) is 0 Å². The summed E-state index contributed by atoms with van der Waals surface area (Å²) in [4.78, 5) is 26.8. The Bertz CT molecular complexity index is 809. The zero-order chi connectivity index (χ0) is 37.8. The van der Waals surface area contributed by atoms with Crippen molar-refractivity contribution in [3.05, 3.63) is 0 Å². The van der Waals surface area contributed by atoms with Gasteiger partial charge >= 0.3 is 28.2 Å². The Hall–Kier alpha value is -1.23. The standard InChI is InChI=1S/C40H79NO4.H2O4S/c1-6-8-10-12-14-16-18-20-22-24-26-28-30-32-34-36-38(42)44-40(3,41(4)5)45-39(43)37-35-33-31-29-27-25-23-21-19-17-15-13-11-9-7-2;1-5(2,3)4/h6-37H2,1-5H3;(H2,1,2,3,4). The van der Waals surface area contributed by atoms with Crippen LogP contribution in [-0.4, -0.2) is 54.4 Å². The van der Waals surface area contributed by atoms with Crippen LogP contribution in [0.4, 0.5) is 0 Å². The predicted molar refractivity (Wildman–Crippen MR) is 208 cm³/mol. The topological polar surface area (TPSA) is 130 Å². The van der Waals surface area contributed by atoms with E-state index >= 15 is 0 Å². The number of ether oxygens (including phenoxy) is 2. The molecule has 0 rings (SSSR count). The first kappa shape index (κ1) is 50.9. The largest absolute Gasteiger partial charge is 0.409 e. The number of hydrogen-bond donors (Lipinski definition) is 2. The third kappa shape index (κ3) is 41.2. The second-order valence-corrected chi connectivity index (χ2v) is 15.5. The van der Waals surface area contributed by atoms with Crippen molar-refractivity contribution in [2.24, 2.45) is 0 Å². The van der Waals surface area contributed by atoms with Crippen LogP contribution in [0.2, 0.25) is 0 Å². The van der Waals surface area contributed by atoms with Crippen molar-refractivity contribution in [3.63, 3.8) is 0 Å². The van der Waals surface area contributed by atoms with Gasteiger partial charge in [0, 0.05) is 19.8 Å². The first-order chi connectivity index (χ1) is 23.9. The fourth-order valence-corrected chi connectivity index (χ4v) is 6.01. The minimum atomic E-state index is -4.67. The average Bonchev–Trinajstić information content (AvgIpc) is 3.03. The van der Waals surface area contributed by atoms with Gasteiger partial charge in [-0.15, -0.1) is 0 Å². The molecule has 0 amide bonds. The summed E-state index contributed by atoms with van der Waals surface area (Å²) >= 11 is 0.